The molecule has 5 aromatic rings. The minimum Gasteiger partial charge on any atom is -0.201 e. The van der Waals surface area contributed by atoms with Gasteiger partial charge < -0.3 is 0 Å². The van der Waals surface area contributed by atoms with Crippen LogP contribution in [0.4, 0.5) is 0 Å². The standard InChI is InChI=1S/C23H18N/c1-15-19-12-11-17-7-5-6-16-9-10-18(23(19)22(16)17)14-20(15)21-8-3-4-13-24(21)2/h3-14H,1-2H3/q+1. The molecule has 4 aromatic carbocycles. The molecule has 0 aliphatic rings. The predicted octanol–water partition coefficient (Wildman–Crippen LogP) is 5.38. The molecule has 0 saturated carbocycles. The quantitative estimate of drug-likeness (QED) is 0.289. The number of nitrogens with zero attached hydrogens (tertiary/aromatic N) is 1. The van der Waals surface area contributed by atoms with Crippen LogP contribution in [-0.4, -0.2) is 0 Å². The maximum absolute atomic E-state index is 2.35. The van der Waals surface area contributed by atoms with Crippen molar-refractivity contribution in [1.29, 1.82) is 0 Å². The highest BCUT2D eigenvalue weighted by atomic mass is 14.9. The van der Waals surface area contributed by atoms with Gasteiger partial charge in [-0.1, -0.05) is 42.5 Å². The van der Waals surface area contributed by atoms with Gasteiger partial charge in [0, 0.05) is 12.1 Å². The molecule has 24 heavy (non-hydrogen) atoms. The highest BCUT2D eigenvalue weighted by Gasteiger charge is 2.17. The number of hydrogen-bond acceptors (Lipinski definition) is 0. The van der Waals surface area contributed by atoms with Crippen LogP contribution in [0.5, 0.6) is 0 Å². The van der Waals surface area contributed by atoms with E-state index in [0.29, 0.717) is 0 Å². The van der Waals surface area contributed by atoms with Gasteiger partial charge >= 0.3 is 0 Å². The average molecular weight is 308 g/mol. The van der Waals surface area contributed by atoms with E-state index in [1.807, 2.05) is 0 Å². The van der Waals surface area contributed by atoms with Crippen LogP contribution in [0.3, 0.4) is 0 Å². The highest BCUT2D eigenvalue weighted by molar-refractivity contribution is 6.24. The molecule has 0 N–H and O–H groups in total. The second-order valence-electron chi connectivity index (χ2n) is 6.60. The summed E-state index contributed by atoms with van der Waals surface area (Å²) in [5, 5.41) is 8.10. The highest BCUT2D eigenvalue weighted by Crippen LogP contribution is 2.39. The van der Waals surface area contributed by atoms with Crippen molar-refractivity contribution in [2.45, 2.75) is 6.92 Å². The second kappa shape index (κ2) is 4.78. The lowest BCUT2D eigenvalue weighted by Gasteiger charge is -2.15. The molecule has 1 nitrogen and oxygen atoms in total. The summed E-state index contributed by atoms with van der Waals surface area (Å²) in [6.45, 7) is 2.24. The minimum absolute atomic E-state index is 1.25. The average Bonchev–Trinajstić information content (AvgIpc) is 2.62. The van der Waals surface area contributed by atoms with Crippen LogP contribution < -0.4 is 4.57 Å². The lowest BCUT2D eigenvalue weighted by atomic mass is 9.89. The first-order chi connectivity index (χ1) is 11.7. The van der Waals surface area contributed by atoms with Crippen LogP contribution >= 0.6 is 0 Å². The van der Waals surface area contributed by atoms with Gasteiger partial charge in [0.2, 0.25) is 5.69 Å². The summed E-state index contributed by atoms with van der Waals surface area (Å²) in [7, 11) is 2.11. The maximum Gasteiger partial charge on any atom is 0.212 e. The lowest BCUT2D eigenvalue weighted by molar-refractivity contribution is -0.660. The van der Waals surface area contributed by atoms with Crippen LogP contribution in [0.25, 0.3) is 43.6 Å². The molecule has 5 rings (SSSR count). The van der Waals surface area contributed by atoms with Crippen molar-refractivity contribution in [1.82, 2.24) is 0 Å². The van der Waals surface area contributed by atoms with Crippen LogP contribution in [0, 0.1) is 6.92 Å². The van der Waals surface area contributed by atoms with Crippen LogP contribution in [-0.2, 0) is 7.05 Å². The zero-order chi connectivity index (χ0) is 16.3. The van der Waals surface area contributed by atoms with Gasteiger partial charge in [-0.2, -0.15) is 0 Å². The number of aromatic nitrogens is 1. The topological polar surface area (TPSA) is 3.88 Å². The van der Waals surface area contributed by atoms with Crippen LogP contribution in [0.15, 0.2) is 72.9 Å². The van der Waals surface area contributed by atoms with Crippen molar-refractivity contribution in [2.75, 3.05) is 0 Å². The first-order valence-corrected chi connectivity index (χ1v) is 8.36. The van der Waals surface area contributed by atoms with Gasteiger partial charge in [0.15, 0.2) is 6.20 Å². The maximum atomic E-state index is 2.35. The summed E-state index contributed by atoms with van der Waals surface area (Å²) in [6, 6.07) is 24.3. The molecule has 1 aromatic heterocycles. The van der Waals surface area contributed by atoms with Crippen molar-refractivity contribution in [3.63, 3.8) is 0 Å². The van der Waals surface area contributed by atoms with E-state index in [-0.39, 0.29) is 0 Å². The molecule has 0 bridgehead atoms. The molecular formula is C23H18N+. The molecule has 114 valence electrons. The smallest absolute Gasteiger partial charge is 0.201 e. The van der Waals surface area contributed by atoms with E-state index in [2.05, 4.69) is 91.5 Å². The molecular weight excluding hydrogens is 290 g/mol. The monoisotopic (exact) mass is 308 g/mol. The van der Waals surface area contributed by atoms with E-state index in [0.717, 1.165) is 0 Å². The van der Waals surface area contributed by atoms with Gasteiger partial charge in [0.25, 0.3) is 0 Å². The van der Waals surface area contributed by atoms with E-state index in [1.54, 1.807) is 0 Å². The Balaban J connectivity index is 1.99. The molecule has 0 radical (unpaired) electrons. The summed E-state index contributed by atoms with van der Waals surface area (Å²) in [5.41, 5.74) is 3.91. The molecule has 0 spiro atoms. The molecule has 0 saturated heterocycles. The summed E-state index contributed by atoms with van der Waals surface area (Å²) < 4.78 is 2.19. The molecule has 0 atom stereocenters. The Bertz CT molecular complexity index is 1200. The number of benzene rings is 4. The van der Waals surface area contributed by atoms with Gasteiger partial charge in [-0.05, 0) is 56.9 Å². The van der Waals surface area contributed by atoms with Crippen molar-refractivity contribution in [3.05, 3.63) is 78.5 Å². The van der Waals surface area contributed by atoms with Crippen LogP contribution in [0.1, 0.15) is 5.56 Å². The van der Waals surface area contributed by atoms with Gasteiger partial charge in [-0.15, -0.1) is 0 Å². The second-order valence-corrected chi connectivity index (χ2v) is 6.60. The van der Waals surface area contributed by atoms with Crippen molar-refractivity contribution < 1.29 is 4.57 Å². The summed E-state index contributed by atoms with van der Waals surface area (Å²) in [5.74, 6) is 0. The van der Waals surface area contributed by atoms with E-state index in [9.17, 15) is 0 Å². The molecule has 0 aliphatic carbocycles. The normalized spacial score (nSPS) is 11.8. The SMILES string of the molecule is Cc1c(-c2cccc[n+]2C)cc2ccc3cccc4ccc1c2c34. The number of rotatable bonds is 1. The largest absolute Gasteiger partial charge is 0.212 e. The molecule has 0 unspecified atom stereocenters. The first-order valence-electron chi connectivity index (χ1n) is 8.36. The molecule has 1 heteroatoms. The fourth-order valence-corrected chi connectivity index (χ4v) is 4.02. The Hall–Kier alpha value is -2.93. The van der Waals surface area contributed by atoms with E-state index >= 15 is 0 Å². The Morgan fingerprint density at radius 1 is 0.708 bits per heavy atom. The Labute approximate surface area is 141 Å². The van der Waals surface area contributed by atoms with Gasteiger partial charge in [0.1, 0.15) is 7.05 Å². The number of hydrogen-bond donors (Lipinski definition) is 0. The predicted molar refractivity (Wildman–Crippen MR) is 101 cm³/mol. The summed E-state index contributed by atoms with van der Waals surface area (Å²) in [4.78, 5) is 0. The third-order valence-electron chi connectivity index (χ3n) is 5.25. The Morgan fingerprint density at radius 2 is 1.46 bits per heavy atom. The van der Waals surface area contributed by atoms with Gasteiger partial charge in [0.05, 0.1) is 5.56 Å². The number of aryl methyl sites for hydroxylation is 2. The molecule has 0 fully saturated rings. The summed E-state index contributed by atoms with van der Waals surface area (Å²) >= 11 is 0. The zero-order valence-corrected chi connectivity index (χ0v) is 13.9. The Kier molecular flexibility index (Phi) is 2.69. The van der Waals surface area contributed by atoms with E-state index in [4.69, 9.17) is 0 Å². The minimum atomic E-state index is 1.25. The van der Waals surface area contributed by atoms with Gasteiger partial charge in [-0.3, -0.25) is 0 Å². The summed E-state index contributed by atoms with van der Waals surface area (Å²) in [6.07, 6.45) is 2.11. The fraction of sp³-hybridized carbons (Fsp3) is 0.0870. The molecule has 1 heterocycles. The molecule has 0 amide bonds. The third-order valence-corrected chi connectivity index (χ3v) is 5.25. The van der Waals surface area contributed by atoms with Crippen molar-refractivity contribution in [3.8, 4) is 11.3 Å². The Morgan fingerprint density at radius 3 is 2.25 bits per heavy atom. The van der Waals surface area contributed by atoms with E-state index in [1.165, 1.54) is 49.1 Å². The number of pyridine rings is 1. The van der Waals surface area contributed by atoms with E-state index < -0.39 is 0 Å². The fourth-order valence-electron chi connectivity index (χ4n) is 4.02. The zero-order valence-electron chi connectivity index (χ0n) is 13.9. The van der Waals surface area contributed by atoms with Crippen molar-refractivity contribution >= 4 is 32.3 Å². The van der Waals surface area contributed by atoms with Crippen molar-refractivity contribution in [2.24, 2.45) is 7.05 Å². The molecule has 0 aliphatic heterocycles. The third kappa shape index (κ3) is 1.73. The van der Waals surface area contributed by atoms with Gasteiger partial charge in [-0.25, -0.2) is 4.57 Å². The first kappa shape index (κ1) is 13.5. The lowest BCUT2D eigenvalue weighted by Crippen LogP contribution is -2.30. The van der Waals surface area contributed by atoms with Crippen LogP contribution in [0.2, 0.25) is 0 Å².